The van der Waals surface area contributed by atoms with Gasteiger partial charge < -0.3 is 10.0 Å². The number of piperidine rings is 1. The Morgan fingerprint density at radius 1 is 1.30 bits per heavy atom. The van der Waals surface area contributed by atoms with Crippen LogP contribution in [-0.4, -0.2) is 23.2 Å². The number of hydrogen-bond acceptors (Lipinski definition) is 3. The van der Waals surface area contributed by atoms with Crippen molar-refractivity contribution in [3.63, 3.8) is 0 Å². The van der Waals surface area contributed by atoms with Crippen LogP contribution in [0.15, 0.2) is 12.1 Å². The lowest BCUT2D eigenvalue weighted by Crippen LogP contribution is -2.34. The molecule has 0 spiro atoms. The van der Waals surface area contributed by atoms with Gasteiger partial charge in [0.25, 0.3) is 0 Å². The molecular formula is C17H28N2O. The van der Waals surface area contributed by atoms with Gasteiger partial charge >= 0.3 is 0 Å². The van der Waals surface area contributed by atoms with E-state index in [9.17, 15) is 5.11 Å². The quantitative estimate of drug-likeness (QED) is 0.890. The smallest absolute Gasteiger partial charge is 0.129 e. The Morgan fingerprint density at radius 3 is 2.55 bits per heavy atom. The zero-order valence-corrected chi connectivity index (χ0v) is 13.1. The SMILES string of the molecule is CCCC1CCN(c2cc(CO)cc(C(C)C)n2)CC1. The summed E-state index contributed by atoms with van der Waals surface area (Å²) in [6.45, 7) is 8.88. The predicted molar refractivity (Wildman–Crippen MR) is 84.1 cm³/mol. The normalized spacial score (nSPS) is 16.9. The third kappa shape index (κ3) is 3.72. The molecular weight excluding hydrogens is 248 g/mol. The highest BCUT2D eigenvalue weighted by atomic mass is 16.3. The van der Waals surface area contributed by atoms with Crippen LogP contribution in [0.1, 0.15) is 63.6 Å². The number of pyridine rings is 1. The van der Waals surface area contributed by atoms with Crippen LogP contribution in [0.5, 0.6) is 0 Å². The molecule has 1 aliphatic heterocycles. The Kier molecular flexibility index (Phi) is 5.41. The topological polar surface area (TPSA) is 36.4 Å². The zero-order valence-electron chi connectivity index (χ0n) is 13.1. The third-order valence-electron chi connectivity index (χ3n) is 4.30. The molecule has 1 aliphatic rings. The van der Waals surface area contributed by atoms with Gasteiger partial charge in [0.05, 0.1) is 6.61 Å². The van der Waals surface area contributed by atoms with Gasteiger partial charge in [-0.1, -0.05) is 33.6 Å². The van der Waals surface area contributed by atoms with E-state index in [1.165, 1.54) is 25.7 Å². The minimum absolute atomic E-state index is 0.0987. The van der Waals surface area contributed by atoms with Crippen LogP contribution >= 0.6 is 0 Å². The van der Waals surface area contributed by atoms with Crippen LogP contribution in [0.4, 0.5) is 5.82 Å². The van der Waals surface area contributed by atoms with Crippen molar-refractivity contribution >= 4 is 5.82 Å². The largest absolute Gasteiger partial charge is 0.392 e. The average Bonchev–Trinajstić information content (AvgIpc) is 2.47. The van der Waals surface area contributed by atoms with E-state index in [4.69, 9.17) is 4.98 Å². The van der Waals surface area contributed by atoms with E-state index >= 15 is 0 Å². The molecule has 1 N–H and O–H groups in total. The lowest BCUT2D eigenvalue weighted by Gasteiger charge is -2.33. The number of aliphatic hydroxyl groups excluding tert-OH is 1. The molecule has 3 heteroatoms. The summed E-state index contributed by atoms with van der Waals surface area (Å²) in [5.41, 5.74) is 2.07. The second-order valence-electron chi connectivity index (χ2n) is 6.29. The van der Waals surface area contributed by atoms with Crippen LogP contribution in [0.3, 0.4) is 0 Å². The monoisotopic (exact) mass is 276 g/mol. The van der Waals surface area contributed by atoms with Crippen molar-refractivity contribution in [3.8, 4) is 0 Å². The first-order valence-electron chi connectivity index (χ1n) is 8.00. The van der Waals surface area contributed by atoms with Crippen LogP contribution in [0, 0.1) is 5.92 Å². The van der Waals surface area contributed by atoms with E-state index in [0.29, 0.717) is 5.92 Å². The Bertz CT molecular complexity index is 423. The van der Waals surface area contributed by atoms with E-state index in [1.807, 2.05) is 12.1 Å². The van der Waals surface area contributed by atoms with Gasteiger partial charge in [0.15, 0.2) is 0 Å². The molecule has 0 radical (unpaired) electrons. The van der Waals surface area contributed by atoms with Crippen molar-refractivity contribution in [3.05, 3.63) is 23.4 Å². The number of anilines is 1. The second kappa shape index (κ2) is 7.07. The summed E-state index contributed by atoms with van der Waals surface area (Å²) in [5.74, 6) is 2.34. The number of aliphatic hydroxyl groups is 1. The number of nitrogens with zero attached hydrogens (tertiary/aromatic N) is 2. The second-order valence-corrected chi connectivity index (χ2v) is 6.29. The molecule has 0 atom stereocenters. The summed E-state index contributed by atoms with van der Waals surface area (Å²) in [6.07, 6.45) is 5.20. The van der Waals surface area contributed by atoms with E-state index in [-0.39, 0.29) is 6.61 Å². The third-order valence-corrected chi connectivity index (χ3v) is 4.30. The lowest BCUT2D eigenvalue weighted by molar-refractivity contribution is 0.281. The molecule has 0 bridgehead atoms. The minimum Gasteiger partial charge on any atom is -0.392 e. The Hall–Kier alpha value is -1.09. The molecule has 2 rings (SSSR count). The summed E-state index contributed by atoms with van der Waals surface area (Å²) in [4.78, 5) is 7.18. The average molecular weight is 276 g/mol. The standard InChI is InChI=1S/C17H28N2O/c1-4-5-14-6-8-19(9-7-14)17-11-15(12-20)10-16(18-17)13(2)3/h10-11,13-14,20H,4-9,12H2,1-3H3. The van der Waals surface area contributed by atoms with Crippen LogP contribution in [-0.2, 0) is 6.61 Å². The summed E-state index contributed by atoms with van der Waals surface area (Å²) in [6, 6.07) is 4.07. The molecule has 3 nitrogen and oxygen atoms in total. The molecule has 112 valence electrons. The van der Waals surface area contributed by atoms with E-state index in [0.717, 1.165) is 36.1 Å². The maximum atomic E-state index is 9.43. The van der Waals surface area contributed by atoms with Crippen LogP contribution in [0.25, 0.3) is 0 Å². The van der Waals surface area contributed by atoms with E-state index in [2.05, 4.69) is 25.7 Å². The first-order chi connectivity index (χ1) is 9.63. The minimum atomic E-state index is 0.0987. The molecule has 2 heterocycles. The van der Waals surface area contributed by atoms with Crippen molar-refractivity contribution in [1.29, 1.82) is 0 Å². The molecule has 1 saturated heterocycles. The van der Waals surface area contributed by atoms with E-state index < -0.39 is 0 Å². The van der Waals surface area contributed by atoms with E-state index in [1.54, 1.807) is 0 Å². The molecule has 0 amide bonds. The van der Waals surface area contributed by atoms with Crippen molar-refractivity contribution in [2.24, 2.45) is 5.92 Å². The first kappa shape index (κ1) is 15.3. The summed E-state index contributed by atoms with van der Waals surface area (Å²) in [7, 11) is 0. The van der Waals surface area contributed by atoms with Gasteiger partial charge in [-0.25, -0.2) is 4.98 Å². The van der Waals surface area contributed by atoms with Gasteiger partial charge in [-0.05, 0) is 42.4 Å². The molecule has 0 aliphatic carbocycles. The van der Waals surface area contributed by atoms with Crippen molar-refractivity contribution in [2.45, 2.75) is 59.0 Å². The molecule has 0 unspecified atom stereocenters. The molecule has 1 aromatic heterocycles. The maximum Gasteiger partial charge on any atom is 0.129 e. The zero-order chi connectivity index (χ0) is 14.5. The van der Waals surface area contributed by atoms with Crippen LogP contribution < -0.4 is 4.90 Å². The molecule has 0 saturated carbocycles. The summed E-state index contributed by atoms with van der Waals surface area (Å²) >= 11 is 0. The Balaban J connectivity index is 2.10. The highest BCUT2D eigenvalue weighted by molar-refractivity contribution is 5.43. The van der Waals surface area contributed by atoms with Gasteiger partial charge in [-0.2, -0.15) is 0 Å². The number of aromatic nitrogens is 1. The van der Waals surface area contributed by atoms with Gasteiger partial charge in [0.1, 0.15) is 5.82 Å². The van der Waals surface area contributed by atoms with Gasteiger partial charge in [0.2, 0.25) is 0 Å². The molecule has 1 aromatic rings. The fourth-order valence-corrected chi connectivity index (χ4v) is 3.00. The molecule has 20 heavy (non-hydrogen) atoms. The lowest BCUT2D eigenvalue weighted by atomic mass is 9.92. The van der Waals surface area contributed by atoms with Crippen LogP contribution in [0.2, 0.25) is 0 Å². The number of hydrogen-bond donors (Lipinski definition) is 1. The summed E-state index contributed by atoms with van der Waals surface area (Å²) < 4.78 is 0. The molecule has 0 aromatic carbocycles. The molecule has 1 fully saturated rings. The fraction of sp³-hybridized carbons (Fsp3) is 0.706. The van der Waals surface area contributed by atoms with Crippen molar-refractivity contribution < 1.29 is 5.11 Å². The van der Waals surface area contributed by atoms with Gasteiger partial charge in [-0.15, -0.1) is 0 Å². The first-order valence-corrected chi connectivity index (χ1v) is 8.00. The highest BCUT2D eigenvalue weighted by Crippen LogP contribution is 2.27. The predicted octanol–water partition coefficient (Wildman–Crippen LogP) is 3.71. The highest BCUT2D eigenvalue weighted by Gasteiger charge is 2.20. The van der Waals surface area contributed by atoms with Crippen molar-refractivity contribution in [1.82, 2.24) is 4.98 Å². The Morgan fingerprint density at radius 2 is 2.00 bits per heavy atom. The fourth-order valence-electron chi connectivity index (χ4n) is 3.00. The summed E-state index contributed by atoms with van der Waals surface area (Å²) in [5, 5.41) is 9.43. The maximum absolute atomic E-state index is 9.43. The van der Waals surface area contributed by atoms with Gasteiger partial charge in [0, 0.05) is 18.8 Å². The van der Waals surface area contributed by atoms with Gasteiger partial charge in [-0.3, -0.25) is 0 Å². The Labute approximate surface area is 123 Å². The van der Waals surface area contributed by atoms with Crippen molar-refractivity contribution in [2.75, 3.05) is 18.0 Å². The number of rotatable bonds is 5.